The molecule has 2 rings (SSSR count). The van der Waals surface area contributed by atoms with E-state index in [1.54, 1.807) is 6.07 Å². The molecule has 0 fully saturated rings. The van der Waals surface area contributed by atoms with Gasteiger partial charge in [-0.3, -0.25) is 0 Å². The Morgan fingerprint density at radius 3 is 2.86 bits per heavy atom. The topological polar surface area (TPSA) is 47.3 Å². The van der Waals surface area contributed by atoms with Crippen LogP contribution in [0.4, 0.5) is 4.39 Å². The summed E-state index contributed by atoms with van der Waals surface area (Å²) in [6.45, 7) is 6.09. The van der Waals surface area contributed by atoms with E-state index >= 15 is 0 Å². The first-order valence-electron chi connectivity index (χ1n) is 6.77. The van der Waals surface area contributed by atoms with E-state index in [9.17, 15) is 4.39 Å². The van der Waals surface area contributed by atoms with Crippen LogP contribution in [-0.4, -0.2) is 11.7 Å². The molecule has 0 atom stereocenters. The number of rotatable bonds is 7. The largest absolute Gasteiger partial charge is 0.485 e. The second kappa shape index (κ2) is 7.56. The lowest BCUT2D eigenvalue weighted by atomic mass is 10.2. The molecule has 0 aliphatic carbocycles. The summed E-state index contributed by atoms with van der Waals surface area (Å²) in [5.74, 6) is 1.29. The first-order valence-corrected chi connectivity index (χ1v) is 7.56. The minimum Gasteiger partial charge on any atom is -0.485 e. The minimum atomic E-state index is -0.351. The van der Waals surface area contributed by atoms with Gasteiger partial charge in [0.1, 0.15) is 18.2 Å². The van der Waals surface area contributed by atoms with E-state index in [2.05, 4.69) is 40.3 Å². The number of hydrogen-bond donors (Lipinski definition) is 1. The fourth-order valence-corrected chi connectivity index (χ4v) is 2.21. The number of aromatic nitrogens is 1. The van der Waals surface area contributed by atoms with Gasteiger partial charge < -0.3 is 14.6 Å². The highest BCUT2D eigenvalue weighted by molar-refractivity contribution is 9.10. The van der Waals surface area contributed by atoms with Gasteiger partial charge in [-0.2, -0.15) is 0 Å². The quantitative estimate of drug-likeness (QED) is 0.817. The van der Waals surface area contributed by atoms with Crippen molar-refractivity contribution < 1.29 is 13.7 Å². The third-order valence-electron chi connectivity index (χ3n) is 2.68. The van der Waals surface area contributed by atoms with Crippen molar-refractivity contribution in [2.75, 3.05) is 6.54 Å². The Bertz CT molecular complexity index is 567. The van der Waals surface area contributed by atoms with E-state index in [0.717, 1.165) is 12.2 Å². The van der Waals surface area contributed by atoms with Crippen molar-refractivity contribution in [3.8, 4) is 5.75 Å². The predicted molar refractivity (Wildman–Crippen MR) is 81.5 cm³/mol. The normalized spacial score (nSPS) is 11.1. The molecule has 0 spiro atoms. The van der Waals surface area contributed by atoms with Crippen molar-refractivity contribution in [1.82, 2.24) is 10.5 Å². The molecule has 0 radical (unpaired) electrons. The Balaban J connectivity index is 1.85. The van der Waals surface area contributed by atoms with E-state index in [1.807, 2.05) is 6.07 Å². The Morgan fingerprint density at radius 1 is 1.33 bits per heavy atom. The van der Waals surface area contributed by atoms with Crippen LogP contribution in [0, 0.1) is 11.7 Å². The van der Waals surface area contributed by atoms with Gasteiger partial charge in [-0.25, -0.2) is 4.39 Å². The average Bonchev–Trinajstić information content (AvgIpc) is 2.83. The van der Waals surface area contributed by atoms with Crippen molar-refractivity contribution in [3.63, 3.8) is 0 Å². The molecule has 0 unspecified atom stereocenters. The van der Waals surface area contributed by atoms with Gasteiger partial charge in [-0.05, 0) is 24.6 Å². The third-order valence-corrected chi connectivity index (χ3v) is 3.14. The molecule has 4 nitrogen and oxygen atoms in total. The second-order valence-corrected chi connectivity index (χ2v) is 6.12. The molecule has 1 N–H and O–H groups in total. The Hall–Kier alpha value is -1.40. The monoisotopic (exact) mass is 356 g/mol. The van der Waals surface area contributed by atoms with Gasteiger partial charge in [0.05, 0.1) is 5.69 Å². The van der Waals surface area contributed by atoms with Gasteiger partial charge in [0.2, 0.25) is 0 Å². The lowest BCUT2D eigenvalue weighted by Gasteiger charge is -2.04. The summed E-state index contributed by atoms with van der Waals surface area (Å²) in [4.78, 5) is 0. The molecule has 114 valence electrons. The molecule has 0 saturated heterocycles. The molecule has 21 heavy (non-hydrogen) atoms. The zero-order valence-electron chi connectivity index (χ0n) is 12.0. The molecule has 6 heteroatoms. The van der Waals surface area contributed by atoms with Crippen molar-refractivity contribution in [2.45, 2.75) is 27.0 Å². The van der Waals surface area contributed by atoms with Gasteiger partial charge >= 0.3 is 0 Å². The summed E-state index contributed by atoms with van der Waals surface area (Å²) in [6, 6.07) is 6.23. The lowest BCUT2D eigenvalue weighted by molar-refractivity contribution is 0.247. The summed E-state index contributed by atoms with van der Waals surface area (Å²) in [7, 11) is 0. The number of benzene rings is 1. The van der Waals surface area contributed by atoms with Gasteiger partial charge in [0.25, 0.3) is 0 Å². The molecule has 0 aliphatic heterocycles. The maximum absolute atomic E-state index is 13.2. The number of halogens is 2. The van der Waals surface area contributed by atoms with Crippen LogP contribution in [0.15, 0.2) is 33.3 Å². The average molecular weight is 357 g/mol. The van der Waals surface area contributed by atoms with Crippen LogP contribution in [0.25, 0.3) is 0 Å². The lowest BCUT2D eigenvalue weighted by Crippen LogP contribution is -2.19. The highest BCUT2D eigenvalue weighted by Crippen LogP contribution is 2.21. The number of ether oxygens (including phenoxy) is 1. The molecule has 0 aliphatic rings. The maximum Gasteiger partial charge on any atom is 0.174 e. The number of nitrogens with one attached hydrogen (secondary N) is 1. The summed E-state index contributed by atoms with van der Waals surface area (Å²) in [5.41, 5.74) is 0.828. The van der Waals surface area contributed by atoms with E-state index in [4.69, 9.17) is 9.26 Å². The van der Waals surface area contributed by atoms with Gasteiger partial charge in [-0.15, -0.1) is 0 Å². The van der Waals surface area contributed by atoms with Gasteiger partial charge in [0, 0.05) is 23.2 Å². The molecule has 1 aromatic heterocycles. The zero-order chi connectivity index (χ0) is 15.2. The van der Waals surface area contributed by atoms with Gasteiger partial charge in [-0.1, -0.05) is 34.9 Å². The van der Waals surface area contributed by atoms with E-state index in [0.29, 0.717) is 28.4 Å². The van der Waals surface area contributed by atoms with Crippen LogP contribution in [0.5, 0.6) is 5.75 Å². The van der Waals surface area contributed by atoms with E-state index in [-0.39, 0.29) is 12.4 Å². The van der Waals surface area contributed by atoms with Crippen LogP contribution in [0.3, 0.4) is 0 Å². The first-order chi connectivity index (χ1) is 10.0. The van der Waals surface area contributed by atoms with Crippen molar-refractivity contribution in [2.24, 2.45) is 5.92 Å². The van der Waals surface area contributed by atoms with E-state index < -0.39 is 0 Å². The van der Waals surface area contributed by atoms with Crippen molar-refractivity contribution >= 4 is 15.9 Å². The fraction of sp³-hybridized carbons (Fsp3) is 0.400. The Morgan fingerprint density at radius 2 is 2.14 bits per heavy atom. The molecule has 0 amide bonds. The summed E-state index contributed by atoms with van der Waals surface area (Å²) in [6.07, 6.45) is 0. The zero-order valence-corrected chi connectivity index (χ0v) is 13.6. The van der Waals surface area contributed by atoms with Crippen LogP contribution in [0.2, 0.25) is 0 Å². The van der Waals surface area contributed by atoms with Crippen LogP contribution < -0.4 is 10.1 Å². The Labute approximate surface area is 131 Å². The molecular formula is C15H18BrFN2O2. The van der Waals surface area contributed by atoms with Crippen molar-refractivity contribution in [3.05, 3.63) is 46.0 Å². The fourth-order valence-electron chi connectivity index (χ4n) is 1.76. The molecule has 1 heterocycles. The van der Waals surface area contributed by atoms with E-state index in [1.165, 1.54) is 12.1 Å². The first kappa shape index (κ1) is 16.0. The maximum atomic E-state index is 13.2. The minimum absolute atomic E-state index is 0.215. The van der Waals surface area contributed by atoms with Gasteiger partial charge in [0.15, 0.2) is 5.76 Å². The standard InChI is InChI=1S/C15H18BrFN2O2/c1-10(2)7-18-8-13-6-15(21-19-13)9-20-14-4-11(16)3-12(17)5-14/h3-6,10,18H,7-9H2,1-2H3. The second-order valence-electron chi connectivity index (χ2n) is 5.20. The number of nitrogens with zero attached hydrogens (tertiary/aromatic N) is 1. The Kier molecular flexibility index (Phi) is 5.76. The molecular weight excluding hydrogens is 339 g/mol. The SMILES string of the molecule is CC(C)CNCc1cc(COc2cc(F)cc(Br)c2)on1. The number of hydrogen-bond acceptors (Lipinski definition) is 4. The molecule has 2 aromatic rings. The highest BCUT2D eigenvalue weighted by atomic mass is 79.9. The smallest absolute Gasteiger partial charge is 0.174 e. The summed E-state index contributed by atoms with van der Waals surface area (Å²) < 4.78 is 24.5. The highest BCUT2D eigenvalue weighted by Gasteiger charge is 2.06. The predicted octanol–water partition coefficient (Wildman–Crippen LogP) is 3.90. The van der Waals surface area contributed by atoms with Crippen LogP contribution >= 0.6 is 15.9 Å². The molecule has 0 bridgehead atoms. The summed E-state index contributed by atoms with van der Waals surface area (Å²) >= 11 is 3.22. The molecule has 0 saturated carbocycles. The van der Waals surface area contributed by atoms with Crippen LogP contribution in [-0.2, 0) is 13.2 Å². The molecule has 1 aromatic carbocycles. The third kappa shape index (κ3) is 5.47. The van der Waals surface area contributed by atoms with Crippen molar-refractivity contribution in [1.29, 1.82) is 0 Å². The van der Waals surface area contributed by atoms with Crippen LogP contribution in [0.1, 0.15) is 25.3 Å². The summed E-state index contributed by atoms with van der Waals surface area (Å²) in [5, 5.41) is 7.24.